The van der Waals surface area contributed by atoms with Crippen LogP contribution in [0, 0.1) is 11.8 Å². The molecule has 2 rings (SSSR count). The maximum absolute atomic E-state index is 12.7. The average Bonchev–Trinajstić information content (AvgIpc) is 3.37. The van der Waals surface area contributed by atoms with Crippen LogP contribution in [0.3, 0.4) is 0 Å². The summed E-state index contributed by atoms with van der Waals surface area (Å²) in [6, 6.07) is 0.123. The molecule has 2 unspecified atom stereocenters. The lowest BCUT2D eigenvalue weighted by atomic mass is 10.0. The fourth-order valence-electron chi connectivity index (χ4n) is 4.31. The SMILES string of the molecule is CCNC(=NCC(CC(C)C)NC(=O)OCC)NC1CCN(C(=O)C2CCCC2)C1.I. The van der Waals surface area contributed by atoms with Gasteiger partial charge in [0.15, 0.2) is 5.96 Å². The number of carbonyl (C=O) groups is 2. The fourth-order valence-corrected chi connectivity index (χ4v) is 4.31. The summed E-state index contributed by atoms with van der Waals surface area (Å²) in [6.07, 6.45) is 5.81. The van der Waals surface area contributed by atoms with E-state index in [2.05, 4.69) is 29.8 Å². The van der Waals surface area contributed by atoms with E-state index in [9.17, 15) is 9.59 Å². The van der Waals surface area contributed by atoms with E-state index in [1.165, 1.54) is 12.8 Å². The third kappa shape index (κ3) is 9.82. The van der Waals surface area contributed by atoms with E-state index in [1.54, 1.807) is 6.92 Å². The Labute approximate surface area is 204 Å². The van der Waals surface area contributed by atoms with Crippen molar-refractivity contribution < 1.29 is 14.3 Å². The van der Waals surface area contributed by atoms with Gasteiger partial charge < -0.3 is 25.6 Å². The molecule has 1 aliphatic heterocycles. The van der Waals surface area contributed by atoms with E-state index < -0.39 is 6.09 Å². The van der Waals surface area contributed by atoms with E-state index in [-0.39, 0.29) is 42.0 Å². The lowest BCUT2D eigenvalue weighted by Gasteiger charge is -2.22. The molecule has 2 amide bonds. The molecule has 1 aliphatic carbocycles. The van der Waals surface area contributed by atoms with Crippen LogP contribution in [-0.2, 0) is 9.53 Å². The number of aliphatic imine (C=N–C) groups is 1. The Morgan fingerprint density at radius 3 is 2.48 bits per heavy atom. The topological polar surface area (TPSA) is 95.1 Å². The minimum Gasteiger partial charge on any atom is -0.450 e. The quantitative estimate of drug-likeness (QED) is 0.233. The number of amides is 2. The van der Waals surface area contributed by atoms with Crippen LogP contribution < -0.4 is 16.0 Å². The first-order chi connectivity index (χ1) is 14.4. The Hall–Kier alpha value is -1.26. The highest BCUT2D eigenvalue weighted by Gasteiger charge is 2.32. The molecule has 8 nitrogen and oxygen atoms in total. The molecular weight excluding hydrogens is 509 g/mol. The second kappa shape index (κ2) is 14.7. The highest BCUT2D eigenvalue weighted by atomic mass is 127. The van der Waals surface area contributed by atoms with Gasteiger partial charge in [-0.25, -0.2) is 4.79 Å². The summed E-state index contributed by atoms with van der Waals surface area (Å²) in [4.78, 5) is 31.2. The van der Waals surface area contributed by atoms with Crippen molar-refractivity contribution in [3.8, 4) is 0 Å². The van der Waals surface area contributed by atoms with Crippen LogP contribution >= 0.6 is 24.0 Å². The van der Waals surface area contributed by atoms with E-state index in [1.807, 2.05) is 11.8 Å². The first kappa shape index (κ1) is 27.8. The third-order valence-electron chi connectivity index (χ3n) is 5.71. The minimum absolute atomic E-state index is 0. The summed E-state index contributed by atoms with van der Waals surface area (Å²) in [5.41, 5.74) is 0. The van der Waals surface area contributed by atoms with Gasteiger partial charge in [-0.3, -0.25) is 9.79 Å². The molecule has 180 valence electrons. The monoisotopic (exact) mass is 551 g/mol. The van der Waals surface area contributed by atoms with Crippen molar-refractivity contribution in [2.45, 2.75) is 78.3 Å². The number of halogens is 1. The van der Waals surface area contributed by atoms with Crippen LogP contribution in [-0.4, -0.2) is 67.7 Å². The molecule has 0 bridgehead atoms. The van der Waals surface area contributed by atoms with Crippen molar-refractivity contribution in [2.24, 2.45) is 16.8 Å². The maximum Gasteiger partial charge on any atom is 0.407 e. The number of hydrogen-bond acceptors (Lipinski definition) is 4. The van der Waals surface area contributed by atoms with Gasteiger partial charge in [0.25, 0.3) is 0 Å². The Morgan fingerprint density at radius 2 is 1.87 bits per heavy atom. The number of guanidine groups is 1. The van der Waals surface area contributed by atoms with Crippen LogP contribution in [0.2, 0.25) is 0 Å². The number of nitrogens with one attached hydrogen (secondary N) is 3. The summed E-state index contributed by atoms with van der Waals surface area (Å²) < 4.78 is 5.02. The molecule has 3 N–H and O–H groups in total. The molecular formula is C22H42IN5O3. The van der Waals surface area contributed by atoms with Gasteiger partial charge in [-0.05, 0) is 45.4 Å². The highest BCUT2D eigenvalue weighted by Crippen LogP contribution is 2.27. The summed E-state index contributed by atoms with van der Waals surface area (Å²) in [5, 5.41) is 9.68. The molecule has 1 saturated heterocycles. The second-order valence-electron chi connectivity index (χ2n) is 8.81. The Bertz CT molecular complexity index is 581. The summed E-state index contributed by atoms with van der Waals surface area (Å²) >= 11 is 0. The molecule has 0 aromatic heterocycles. The van der Waals surface area contributed by atoms with Crippen LogP contribution in [0.5, 0.6) is 0 Å². The molecule has 0 aromatic rings. The van der Waals surface area contributed by atoms with Gasteiger partial charge in [-0.2, -0.15) is 0 Å². The standard InChI is InChI=1S/C22H41N5O3.HI/c1-5-23-21(24-14-19(13-16(3)4)26-22(29)30-6-2)25-18-11-12-27(15-18)20(28)17-9-7-8-10-17;/h16-19H,5-15H2,1-4H3,(H,26,29)(H2,23,24,25);1H. The summed E-state index contributed by atoms with van der Waals surface area (Å²) in [5.74, 6) is 1.73. The normalized spacial score (nSPS) is 20.4. The van der Waals surface area contributed by atoms with Crippen LogP contribution in [0.1, 0.15) is 66.2 Å². The van der Waals surface area contributed by atoms with E-state index in [0.29, 0.717) is 25.0 Å². The predicted molar refractivity (Wildman–Crippen MR) is 135 cm³/mol. The molecule has 31 heavy (non-hydrogen) atoms. The summed E-state index contributed by atoms with van der Waals surface area (Å²) in [7, 11) is 0. The molecule has 2 fully saturated rings. The Morgan fingerprint density at radius 1 is 1.16 bits per heavy atom. The maximum atomic E-state index is 12.7. The van der Waals surface area contributed by atoms with Gasteiger partial charge in [0.05, 0.1) is 19.2 Å². The molecule has 1 saturated carbocycles. The molecule has 0 radical (unpaired) electrons. The summed E-state index contributed by atoms with van der Waals surface area (Å²) in [6.45, 7) is 11.2. The van der Waals surface area contributed by atoms with Gasteiger partial charge in [-0.1, -0.05) is 26.7 Å². The lowest BCUT2D eigenvalue weighted by Crippen LogP contribution is -2.46. The van der Waals surface area contributed by atoms with Crippen LogP contribution in [0.4, 0.5) is 4.79 Å². The largest absolute Gasteiger partial charge is 0.450 e. The van der Waals surface area contributed by atoms with Crippen LogP contribution in [0.25, 0.3) is 0 Å². The third-order valence-corrected chi connectivity index (χ3v) is 5.71. The lowest BCUT2D eigenvalue weighted by molar-refractivity contribution is -0.134. The highest BCUT2D eigenvalue weighted by molar-refractivity contribution is 14.0. The van der Waals surface area contributed by atoms with E-state index in [4.69, 9.17) is 9.73 Å². The van der Waals surface area contributed by atoms with E-state index in [0.717, 1.165) is 51.3 Å². The zero-order valence-corrected chi connectivity index (χ0v) is 21.9. The number of ether oxygens (including phenoxy) is 1. The predicted octanol–water partition coefficient (Wildman–Crippen LogP) is 3.11. The average molecular weight is 552 g/mol. The number of nitrogens with zero attached hydrogens (tertiary/aromatic N) is 2. The van der Waals surface area contributed by atoms with Gasteiger partial charge in [0, 0.05) is 31.6 Å². The minimum atomic E-state index is -0.395. The zero-order chi connectivity index (χ0) is 21.9. The number of alkyl carbamates (subject to hydrolysis) is 1. The van der Waals surface area contributed by atoms with E-state index >= 15 is 0 Å². The van der Waals surface area contributed by atoms with Gasteiger partial charge >= 0.3 is 6.09 Å². The van der Waals surface area contributed by atoms with Crippen molar-refractivity contribution >= 4 is 41.9 Å². The smallest absolute Gasteiger partial charge is 0.407 e. The van der Waals surface area contributed by atoms with Crippen molar-refractivity contribution in [1.29, 1.82) is 0 Å². The molecule has 0 spiro atoms. The molecule has 2 atom stereocenters. The van der Waals surface area contributed by atoms with Crippen molar-refractivity contribution in [2.75, 3.05) is 32.8 Å². The zero-order valence-electron chi connectivity index (χ0n) is 19.6. The molecule has 1 heterocycles. The van der Waals surface area contributed by atoms with Gasteiger partial charge in [0.1, 0.15) is 0 Å². The number of hydrogen-bond donors (Lipinski definition) is 3. The Kier molecular flexibility index (Phi) is 13.2. The van der Waals surface area contributed by atoms with Gasteiger partial charge in [0.2, 0.25) is 5.91 Å². The first-order valence-corrected chi connectivity index (χ1v) is 11.7. The number of likely N-dealkylation sites (tertiary alicyclic amines) is 1. The van der Waals surface area contributed by atoms with Crippen molar-refractivity contribution in [1.82, 2.24) is 20.9 Å². The fraction of sp³-hybridized carbons (Fsp3) is 0.864. The number of carbonyl (C=O) groups excluding carboxylic acids is 2. The first-order valence-electron chi connectivity index (χ1n) is 11.7. The van der Waals surface area contributed by atoms with Crippen molar-refractivity contribution in [3.63, 3.8) is 0 Å². The number of rotatable bonds is 9. The molecule has 9 heteroatoms. The van der Waals surface area contributed by atoms with Crippen LogP contribution in [0.15, 0.2) is 4.99 Å². The second-order valence-corrected chi connectivity index (χ2v) is 8.81. The Balaban J connectivity index is 0.00000480. The molecule has 0 aromatic carbocycles. The molecule has 2 aliphatic rings. The van der Waals surface area contributed by atoms with Crippen molar-refractivity contribution in [3.05, 3.63) is 0 Å². The van der Waals surface area contributed by atoms with Gasteiger partial charge in [-0.15, -0.1) is 24.0 Å².